The molecule has 0 saturated carbocycles. The molecule has 1 amide bonds. The number of rotatable bonds is 4. The van der Waals surface area contributed by atoms with Crippen LogP contribution in [0.15, 0.2) is 22.7 Å². The predicted octanol–water partition coefficient (Wildman–Crippen LogP) is 1.81. The van der Waals surface area contributed by atoms with Crippen LogP contribution in [0.2, 0.25) is 0 Å². The zero-order valence-electron chi connectivity index (χ0n) is 11.7. The minimum Gasteiger partial charge on any atom is -0.497 e. The number of nitrogens with zero attached hydrogens (tertiary/aromatic N) is 1. The van der Waals surface area contributed by atoms with Crippen molar-refractivity contribution < 1.29 is 14.1 Å². The molecule has 0 aliphatic rings. The van der Waals surface area contributed by atoms with E-state index in [0.29, 0.717) is 29.3 Å². The highest BCUT2D eigenvalue weighted by Gasteiger charge is 2.12. The maximum atomic E-state index is 12.1. The second kappa shape index (κ2) is 5.64. The lowest BCUT2D eigenvalue weighted by molar-refractivity contribution is 0.0950. The Morgan fingerprint density at radius 3 is 2.75 bits per heavy atom. The van der Waals surface area contributed by atoms with Gasteiger partial charge in [0.1, 0.15) is 11.5 Å². The maximum absolute atomic E-state index is 12.1. The Labute approximate surface area is 116 Å². The average molecular weight is 275 g/mol. The first-order valence-electron chi connectivity index (χ1n) is 6.15. The fourth-order valence-corrected chi connectivity index (χ4v) is 1.90. The quantitative estimate of drug-likeness (QED) is 0.830. The third-order valence-corrected chi connectivity index (χ3v) is 3.03. The summed E-state index contributed by atoms with van der Waals surface area (Å²) in [6.07, 6.45) is 0. The molecule has 6 nitrogen and oxygen atoms in total. The molecule has 0 atom stereocenters. The zero-order valence-corrected chi connectivity index (χ0v) is 11.7. The van der Waals surface area contributed by atoms with Gasteiger partial charge in [-0.2, -0.15) is 0 Å². The van der Waals surface area contributed by atoms with Gasteiger partial charge in [0.2, 0.25) is 0 Å². The van der Waals surface area contributed by atoms with E-state index >= 15 is 0 Å². The van der Waals surface area contributed by atoms with Gasteiger partial charge in [-0.15, -0.1) is 0 Å². The summed E-state index contributed by atoms with van der Waals surface area (Å²) in [5, 5.41) is 6.65. The molecule has 0 aliphatic carbocycles. The number of amides is 1. The van der Waals surface area contributed by atoms with E-state index in [1.807, 2.05) is 13.8 Å². The van der Waals surface area contributed by atoms with E-state index in [9.17, 15) is 4.79 Å². The van der Waals surface area contributed by atoms with Crippen LogP contribution >= 0.6 is 0 Å². The minimum absolute atomic E-state index is 0.226. The number of carbonyl (C=O) groups excluding carboxylic acids is 1. The van der Waals surface area contributed by atoms with Crippen LogP contribution in [0.5, 0.6) is 5.75 Å². The van der Waals surface area contributed by atoms with Crippen molar-refractivity contribution in [3.63, 3.8) is 0 Å². The number of aromatic nitrogens is 1. The number of hydrogen-bond acceptors (Lipinski definition) is 5. The van der Waals surface area contributed by atoms with Crippen LogP contribution in [0.25, 0.3) is 0 Å². The molecule has 6 heteroatoms. The van der Waals surface area contributed by atoms with Crippen molar-refractivity contribution >= 4 is 11.6 Å². The van der Waals surface area contributed by atoms with E-state index in [1.165, 1.54) is 7.11 Å². The topological polar surface area (TPSA) is 90.4 Å². The van der Waals surface area contributed by atoms with Gasteiger partial charge in [-0.05, 0) is 26.0 Å². The Kier molecular flexibility index (Phi) is 3.93. The number of anilines is 1. The molecule has 20 heavy (non-hydrogen) atoms. The first kappa shape index (κ1) is 13.9. The van der Waals surface area contributed by atoms with Gasteiger partial charge < -0.3 is 20.3 Å². The van der Waals surface area contributed by atoms with Crippen molar-refractivity contribution in [3.8, 4) is 5.75 Å². The maximum Gasteiger partial charge on any atom is 0.251 e. The van der Waals surface area contributed by atoms with Crippen LogP contribution < -0.4 is 15.8 Å². The van der Waals surface area contributed by atoms with Gasteiger partial charge in [0, 0.05) is 29.4 Å². The van der Waals surface area contributed by atoms with Crippen LogP contribution in [0.1, 0.15) is 27.4 Å². The smallest absolute Gasteiger partial charge is 0.251 e. The first-order valence-corrected chi connectivity index (χ1v) is 6.15. The highest BCUT2D eigenvalue weighted by Crippen LogP contribution is 2.19. The lowest BCUT2D eigenvalue weighted by atomic mass is 10.1. The lowest BCUT2D eigenvalue weighted by Crippen LogP contribution is -2.23. The highest BCUT2D eigenvalue weighted by atomic mass is 16.5. The normalized spacial score (nSPS) is 10.3. The molecule has 0 spiro atoms. The number of nitrogens with two attached hydrogens (primary N) is 1. The number of carbonyl (C=O) groups is 1. The van der Waals surface area contributed by atoms with Crippen molar-refractivity contribution in [3.05, 3.63) is 40.8 Å². The van der Waals surface area contributed by atoms with E-state index in [2.05, 4.69) is 10.5 Å². The fraction of sp³-hybridized carbons (Fsp3) is 0.286. The number of hydrogen-bond donors (Lipinski definition) is 2. The SMILES string of the molecule is COc1cc(N)cc(C(=O)NCc2c(C)noc2C)c1. The molecule has 3 N–H and O–H groups in total. The molecule has 0 fully saturated rings. The predicted molar refractivity (Wildman–Crippen MR) is 74.6 cm³/mol. The molecule has 0 saturated heterocycles. The summed E-state index contributed by atoms with van der Waals surface area (Å²) in [5.74, 6) is 1.02. The summed E-state index contributed by atoms with van der Waals surface area (Å²) in [6.45, 7) is 4.00. The molecule has 2 rings (SSSR count). The van der Waals surface area contributed by atoms with E-state index in [4.69, 9.17) is 15.0 Å². The number of nitrogens with one attached hydrogen (secondary N) is 1. The molecular weight excluding hydrogens is 258 g/mol. The second-order valence-corrected chi connectivity index (χ2v) is 4.48. The number of ether oxygens (including phenoxy) is 1. The Hall–Kier alpha value is -2.50. The van der Waals surface area contributed by atoms with Gasteiger partial charge in [-0.3, -0.25) is 4.79 Å². The molecule has 0 aliphatic heterocycles. The third-order valence-electron chi connectivity index (χ3n) is 3.03. The van der Waals surface area contributed by atoms with Gasteiger partial charge in [0.05, 0.1) is 12.8 Å². The lowest BCUT2D eigenvalue weighted by Gasteiger charge is -2.08. The van der Waals surface area contributed by atoms with Crippen molar-refractivity contribution in [2.75, 3.05) is 12.8 Å². The Morgan fingerprint density at radius 1 is 1.40 bits per heavy atom. The van der Waals surface area contributed by atoms with Crippen molar-refractivity contribution in [1.82, 2.24) is 10.5 Å². The molecule has 106 valence electrons. The average Bonchev–Trinajstić information content (AvgIpc) is 2.74. The van der Waals surface area contributed by atoms with E-state index in [-0.39, 0.29) is 5.91 Å². The Balaban J connectivity index is 2.11. The Bertz CT molecular complexity index is 615. The van der Waals surface area contributed by atoms with Gasteiger partial charge in [0.15, 0.2) is 0 Å². The van der Waals surface area contributed by atoms with Crippen molar-refractivity contribution in [2.24, 2.45) is 0 Å². The first-order chi connectivity index (χ1) is 9.51. The molecule has 0 radical (unpaired) electrons. The summed E-state index contributed by atoms with van der Waals surface area (Å²) in [7, 11) is 1.53. The van der Waals surface area contributed by atoms with Gasteiger partial charge in [-0.25, -0.2) is 0 Å². The summed E-state index contributed by atoms with van der Waals surface area (Å²) < 4.78 is 10.1. The number of nitrogen functional groups attached to an aromatic ring is 1. The zero-order chi connectivity index (χ0) is 14.7. The Morgan fingerprint density at radius 2 is 2.15 bits per heavy atom. The summed E-state index contributed by atoms with van der Waals surface area (Å²) in [4.78, 5) is 12.1. The molecular formula is C14H17N3O3. The van der Waals surface area contributed by atoms with Gasteiger partial charge in [0.25, 0.3) is 5.91 Å². The van der Waals surface area contributed by atoms with E-state index < -0.39 is 0 Å². The standard InChI is InChI=1S/C14H17N3O3/c1-8-13(9(2)20-17-8)7-16-14(18)10-4-11(15)6-12(5-10)19-3/h4-6H,7,15H2,1-3H3,(H,16,18). The van der Waals surface area contributed by atoms with Crippen molar-refractivity contribution in [1.29, 1.82) is 0 Å². The second-order valence-electron chi connectivity index (χ2n) is 4.48. The molecule has 1 aromatic heterocycles. The molecule has 0 bridgehead atoms. The number of aryl methyl sites for hydroxylation is 2. The minimum atomic E-state index is -0.226. The largest absolute Gasteiger partial charge is 0.497 e. The molecule has 2 aromatic rings. The number of methoxy groups -OCH3 is 1. The van der Waals surface area contributed by atoms with Crippen molar-refractivity contribution in [2.45, 2.75) is 20.4 Å². The molecule has 1 aromatic carbocycles. The van der Waals surface area contributed by atoms with Crippen LogP contribution in [0, 0.1) is 13.8 Å². The third kappa shape index (κ3) is 2.90. The van der Waals surface area contributed by atoms with Crippen LogP contribution in [-0.4, -0.2) is 18.2 Å². The summed E-state index contributed by atoms with van der Waals surface area (Å²) >= 11 is 0. The van der Waals surface area contributed by atoms with E-state index in [1.54, 1.807) is 18.2 Å². The molecule has 1 heterocycles. The fourth-order valence-electron chi connectivity index (χ4n) is 1.90. The monoisotopic (exact) mass is 275 g/mol. The van der Waals surface area contributed by atoms with Gasteiger partial charge in [-0.1, -0.05) is 5.16 Å². The summed E-state index contributed by atoms with van der Waals surface area (Å²) in [6, 6.07) is 4.90. The number of benzene rings is 1. The van der Waals surface area contributed by atoms with E-state index in [0.717, 1.165) is 11.3 Å². The van der Waals surface area contributed by atoms with Gasteiger partial charge >= 0.3 is 0 Å². The van der Waals surface area contributed by atoms with Crippen LogP contribution in [-0.2, 0) is 6.54 Å². The molecule has 0 unspecified atom stereocenters. The summed E-state index contributed by atoms with van der Waals surface area (Å²) in [5.41, 5.74) is 8.31. The highest BCUT2D eigenvalue weighted by molar-refractivity contribution is 5.95. The van der Waals surface area contributed by atoms with Crippen LogP contribution in [0.4, 0.5) is 5.69 Å². The van der Waals surface area contributed by atoms with Crippen LogP contribution in [0.3, 0.4) is 0 Å².